The van der Waals surface area contributed by atoms with Crippen LogP contribution in [-0.4, -0.2) is 43.8 Å². The first-order chi connectivity index (χ1) is 11.7. The SMILES string of the molecule is Cc1c(C(=O)N2CCOCC2)cccc1-c1ccc2c(c1)NCN2. The fourth-order valence-electron chi connectivity index (χ4n) is 3.36. The molecule has 24 heavy (non-hydrogen) atoms. The van der Waals surface area contributed by atoms with E-state index >= 15 is 0 Å². The average molecular weight is 323 g/mol. The molecule has 5 nitrogen and oxygen atoms in total. The van der Waals surface area contributed by atoms with Crippen molar-refractivity contribution in [3.05, 3.63) is 47.5 Å². The van der Waals surface area contributed by atoms with Gasteiger partial charge in [-0.1, -0.05) is 18.2 Å². The molecule has 0 spiro atoms. The lowest BCUT2D eigenvalue weighted by molar-refractivity contribution is 0.0302. The van der Waals surface area contributed by atoms with Crippen LogP contribution in [-0.2, 0) is 4.74 Å². The topological polar surface area (TPSA) is 53.6 Å². The van der Waals surface area contributed by atoms with E-state index in [9.17, 15) is 4.79 Å². The van der Waals surface area contributed by atoms with E-state index in [1.807, 2.05) is 24.0 Å². The molecule has 124 valence electrons. The van der Waals surface area contributed by atoms with Crippen LogP contribution in [0.15, 0.2) is 36.4 Å². The highest BCUT2D eigenvalue weighted by Gasteiger charge is 2.21. The van der Waals surface area contributed by atoms with E-state index < -0.39 is 0 Å². The number of rotatable bonds is 2. The first kappa shape index (κ1) is 15.0. The van der Waals surface area contributed by atoms with E-state index in [1.54, 1.807) is 0 Å². The number of ether oxygens (including phenoxy) is 1. The van der Waals surface area contributed by atoms with Crippen molar-refractivity contribution in [2.45, 2.75) is 6.92 Å². The average Bonchev–Trinajstić information content (AvgIpc) is 3.10. The Morgan fingerprint density at radius 3 is 2.71 bits per heavy atom. The maximum atomic E-state index is 12.8. The van der Waals surface area contributed by atoms with Crippen LogP contribution in [0.5, 0.6) is 0 Å². The zero-order valence-electron chi connectivity index (χ0n) is 13.8. The fraction of sp³-hybridized carbons (Fsp3) is 0.316. The Balaban J connectivity index is 1.69. The molecule has 2 aromatic rings. The third-order valence-electron chi connectivity index (χ3n) is 4.75. The molecule has 0 unspecified atom stereocenters. The number of hydrogen-bond acceptors (Lipinski definition) is 4. The third kappa shape index (κ3) is 2.61. The van der Waals surface area contributed by atoms with E-state index in [4.69, 9.17) is 4.74 Å². The predicted molar refractivity (Wildman–Crippen MR) is 95.4 cm³/mol. The van der Waals surface area contributed by atoms with Crippen molar-refractivity contribution < 1.29 is 9.53 Å². The van der Waals surface area contributed by atoms with Crippen LogP contribution in [0.25, 0.3) is 11.1 Å². The Labute approximate surface area is 141 Å². The van der Waals surface area contributed by atoms with Gasteiger partial charge in [-0.05, 0) is 41.8 Å². The largest absolute Gasteiger partial charge is 0.378 e. The lowest BCUT2D eigenvalue weighted by Gasteiger charge is -2.27. The molecule has 1 amide bonds. The normalized spacial score (nSPS) is 16.3. The summed E-state index contributed by atoms with van der Waals surface area (Å²) in [7, 11) is 0. The lowest BCUT2D eigenvalue weighted by Crippen LogP contribution is -2.40. The van der Waals surface area contributed by atoms with Gasteiger partial charge < -0.3 is 20.3 Å². The summed E-state index contributed by atoms with van der Waals surface area (Å²) in [4.78, 5) is 14.7. The number of fused-ring (bicyclic) bond motifs is 1. The smallest absolute Gasteiger partial charge is 0.254 e. The summed E-state index contributed by atoms with van der Waals surface area (Å²) in [5.41, 5.74) is 6.26. The number of amides is 1. The van der Waals surface area contributed by atoms with Gasteiger partial charge in [0.15, 0.2) is 0 Å². The standard InChI is InChI=1S/C19H21N3O2/c1-13-15(14-5-6-17-18(11-14)21-12-20-17)3-2-4-16(13)19(23)22-7-9-24-10-8-22/h2-6,11,20-21H,7-10,12H2,1H3. The van der Waals surface area contributed by atoms with Crippen molar-refractivity contribution in [2.24, 2.45) is 0 Å². The highest BCUT2D eigenvalue weighted by molar-refractivity contribution is 5.98. The quantitative estimate of drug-likeness (QED) is 0.892. The number of carbonyl (C=O) groups excluding carboxylic acids is 1. The number of hydrogen-bond donors (Lipinski definition) is 2. The van der Waals surface area contributed by atoms with Gasteiger partial charge in [0.25, 0.3) is 5.91 Å². The molecule has 1 saturated heterocycles. The van der Waals surface area contributed by atoms with E-state index in [-0.39, 0.29) is 5.91 Å². The van der Waals surface area contributed by atoms with Crippen molar-refractivity contribution in [3.8, 4) is 11.1 Å². The maximum Gasteiger partial charge on any atom is 0.254 e. The van der Waals surface area contributed by atoms with Gasteiger partial charge in [0.1, 0.15) is 0 Å². The van der Waals surface area contributed by atoms with Gasteiger partial charge in [-0.25, -0.2) is 0 Å². The first-order valence-electron chi connectivity index (χ1n) is 8.33. The Morgan fingerprint density at radius 2 is 1.88 bits per heavy atom. The van der Waals surface area contributed by atoms with E-state index in [0.717, 1.165) is 40.3 Å². The molecule has 2 aliphatic rings. The van der Waals surface area contributed by atoms with Gasteiger partial charge >= 0.3 is 0 Å². The van der Waals surface area contributed by atoms with Gasteiger partial charge in [0.05, 0.1) is 31.3 Å². The zero-order chi connectivity index (χ0) is 16.5. The summed E-state index contributed by atoms with van der Waals surface area (Å²) < 4.78 is 5.34. The fourth-order valence-corrected chi connectivity index (χ4v) is 3.36. The highest BCUT2D eigenvalue weighted by atomic mass is 16.5. The minimum absolute atomic E-state index is 0.0959. The van der Waals surface area contributed by atoms with Crippen molar-refractivity contribution in [3.63, 3.8) is 0 Å². The van der Waals surface area contributed by atoms with Crippen LogP contribution in [0.4, 0.5) is 11.4 Å². The van der Waals surface area contributed by atoms with Crippen LogP contribution in [0.1, 0.15) is 15.9 Å². The molecule has 4 rings (SSSR count). The molecule has 2 N–H and O–H groups in total. The summed E-state index contributed by atoms with van der Waals surface area (Å²) in [5, 5.41) is 6.60. The maximum absolute atomic E-state index is 12.8. The summed E-state index contributed by atoms with van der Waals surface area (Å²) >= 11 is 0. The Morgan fingerprint density at radius 1 is 1.08 bits per heavy atom. The van der Waals surface area contributed by atoms with E-state index in [0.29, 0.717) is 26.3 Å². The first-order valence-corrected chi connectivity index (χ1v) is 8.33. The number of carbonyl (C=O) groups is 1. The lowest BCUT2D eigenvalue weighted by atomic mass is 9.95. The molecule has 2 aliphatic heterocycles. The van der Waals surface area contributed by atoms with Crippen molar-refractivity contribution >= 4 is 17.3 Å². The van der Waals surface area contributed by atoms with Crippen molar-refractivity contribution in [2.75, 3.05) is 43.6 Å². The molecule has 0 saturated carbocycles. The van der Waals surface area contributed by atoms with Gasteiger partial charge in [0.2, 0.25) is 0 Å². The second kappa shape index (κ2) is 6.17. The highest BCUT2D eigenvalue weighted by Crippen LogP contribution is 2.33. The van der Waals surface area contributed by atoms with E-state index in [2.05, 4.69) is 34.9 Å². The Hall–Kier alpha value is -2.53. The predicted octanol–water partition coefficient (Wildman–Crippen LogP) is 2.93. The Bertz CT molecular complexity index is 782. The van der Waals surface area contributed by atoms with Crippen LogP contribution in [0, 0.1) is 6.92 Å². The second-order valence-electron chi connectivity index (χ2n) is 6.17. The monoisotopic (exact) mass is 323 g/mol. The summed E-state index contributed by atoms with van der Waals surface area (Å²) in [6.07, 6.45) is 0. The van der Waals surface area contributed by atoms with Crippen LogP contribution >= 0.6 is 0 Å². The zero-order valence-corrected chi connectivity index (χ0v) is 13.8. The summed E-state index contributed by atoms with van der Waals surface area (Å²) in [6.45, 7) is 5.35. The van der Waals surface area contributed by atoms with E-state index in [1.165, 1.54) is 0 Å². The molecule has 2 heterocycles. The molecular formula is C19H21N3O2. The minimum atomic E-state index is 0.0959. The molecule has 5 heteroatoms. The molecule has 0 aliphatic carbocycles. The molecule has 0 radical (unpaired) electrons. The molecule has 0 bridgehead atoms. The van der Waals surface area contributed by atoms with Gasteiger partial charge in [0, 0.05) is 18.7 Å². The van der Waals surface area contributed by atoms with Crippen LogP contribution in [0.3, 0.4) is 0 Å². The van der Waals surface area contributed by atoms with Crippen molar-refractivity contribution in [1.29, 1.82) is 0 Å². The number of benzene rings is 2. The van der Waals surface area contributed by atoms with Gasteiger partial charge in [-0.3, -0.25) is 4.79 Å². The van der Waals surface area contributed by atoms with Gasteiger partial charge in [-0.15, -0.1) is 0 Å². The Kier molecular flexibility index (Phi) is 3.86. The van der Waals surface area contributed by atoms with Crippen LogP contribution in [0.2, 0.25) is 0 Å². The summed E-state index contributed by atoms with van der Waals surface area (Å²) in [5.74, 6) is 0.0959. The molecular weight excluding hydrogens is 302 g/mol. The third-order valence-corrected chi connectivity index (χ3v) is 4.75. The summed E-state index contributed by atoms with van der Waals surface area (Å²) in [6, 6.07) is 12.3. The number of morpholine rings is 1. The second-order valence-corrected chi connectivity index (χ2v) is 6.17. The number of anilines is 2. The molecule has 0 aromatic heterocycles. The van der Waals surface area contributed by atoms with Gasteiger partial charge in [-0.2, -0.15) is 0 Å². The molecule has 0 atom stereocenters. The van der Waals surface area contributed by atoms with Crippen LogP contribution < -0.4 is 10.6 Å². The molecule has 2 aromatic carbocycles. The molecule has 1 fully saturated rings. The minimum Gasteiger partial charge on any atom is -0.378 e. The number of nitrogens with one attached hydrogen (secondary N) is 2. The van der Waals surface area contributed by atoms with Crippen molar-refractivity contribution in [1.82, 2.24) is 4.90 Å². The number of nitrogens with zero attached hydrogens (tertiary/aromatic N) is 1.